The van der Waals surface area contributed by atoms with Crippen molar-refractivity contribution in [1.82, 2.24) is 5.32 Å². The minimum Gasteiger partial charge on any atom is -0.305 e. The molecule has 2 nitrogen and oxygen atoms in total. The van der Waals surface area contributed by atoms with Gasteiger partial charge in [-0.25, -0.2) is 0 Å². The third kappa shape index (κ3) is 0.990. The largest absolute Gasteiger partial charge is 0.305 e. The quantitative estimate of drug-likeness (QED) is 0.562. The molecule has 0 radical (unpaired) electrons. The fourth-order valence-corrected chi connectivity index (χ4v) is 1.15. The summed E-state index contributed by atoms with van der Waals surface area (Å²) in [6.07, 6.45) is 1.62. The SMILES string of the molecule is CCC1(C)NCCC1=O. The zero-order valence-corrected chi connectivity index (χ0v) is 6.03. The minimum atomic E-state index is -0.194. The van der Waals surface area contributed by atoms with Gasteiger partial charge in [-0.1, -0.05) is 6.92 Å². The summed E-state index contributed by atoms with van der Waals surface area (Å²) in [6, 6.07) is 0. The molecule has 1 aliphatic heterocycles. The number of carbonyl (C=O) groups is 1. The van der Waals surface area contributed by atoms with Gasteiger partial charge in [0.05, 0.1) is 5.54 Å². The lowest BCUT2D eigenvalue weighted by molar-refractivity contribution is -0.121. The molecule has 0 bridgehead atoms. The lowest BCUT2D eigenvalue weighted by Gasteiger charge is -2.19. The molecule has 0 aromatic heterocycles. The molecule has 0 aromatic rings. The Hall–Kier alpha value is -0.370. The first-order valence-electron chi connectivity index (χ1n) is 3.47. The van der Waals surface area contributed by atoms with Crippen LogP contribution in [0.1, 0.15) is 26.7 Å². The smallest absolute Gasteiger partial charge is 0.153 e. The van der Waals surface area contributed by atoms with E-state index in [1.54, 1.807) is 0 Å². The van der Waals surface area contributed by atoms with E-state index in [0.29, 0.717) is 12.2 Å². The Morgan fingerprint density at radius 2 is 2.44 bits per heavy atom. The van der Waals surface area contributed by atoms with Crippen molar-refractivity contribution in [3.05, 3.63) is 0 Å². The van der Waals surface area contributed by atoms with Crippen LogP contribution in [0.3, 0.4) is 0 Å². The highest BCUT2D eigenvalue weighted by Crippen LogP contribution is 2.17. The molecule has 1 N–H and O–H groups in total. The number of nitrogens with one attached hydrogen (secondary N) is 1. The van der Waals surface area contributed by atoms with Gasteiger partial charge in [0.1, 0.15) is 0 Å². The van der Waals surface area contributed by atoms with Gasteiger partial charge in [-0.05, 0) is 13.3 Å². The van der Waals surface area contributed by atoms with Gasteiger partial charge in [-0.2, -0.15) is 0 Å². The molecule has 1 saturated heterocycles. The molecular formula is C7H13NO. The van der Waals surface area contributed by atoms with E-state index in [9.17, 15) is 4.79 Å². The molecule has 52 valence electrons. The van der Waals surface area contributed by atoms with E-state index < -0.39 is 0 Å². The van der Waals surface area contributed by atoms with Gasteiger partial charge in [0.25, 0.3) is 0 Å². The van der Waals surface area contributed by atoms with E-state index in [1.165, 1.54) is 0 Å². The number of ketones is 1. The molecule has 1 fully saturated rings. The summed E-state index contributed by atoms with van der Waals surface area (Å²) >= 11 is 0. The van der Waals surface area contributed by atoms with Crippen LogP contribution in [0.5, 0.6) is 0 Å². The second-order valence-electron chi connectivity index (χ2n) is 2.79. The van der Waals surface area contributed by atoms with E-state index in [1.807, 2.05) is 13.8 Å². The average Bonchev–Trinajstić information content (AvgIpc) is 2.15. The molecule has 0 amide bonds. The van der Waals surface area contributed by atoms with Crippen molar-refractivity contribution in [3.8, 4) is 0 Å². The number of hydrogen-bond donors (Lipinski definition) is 1. The van der Waals surface area contributed by atoms with Crippen molar-refractivity contribution >= 4 is 5.78 Å². The van der Waals surface area contributed by atoms with Crippen molar-refractivity contribution in [2.45, 2.75) is 32.2 Å². The Morgan fingerprint density at radius 1 is 1.78 bits per heavy atom. The third-order valence-electron chi connectivity index (χ3n) is 2.19. The van der Waals surface area contributed by atoms with E-state index in [-0.39, 0.29) is 5.54 Å². The maximum atomic E-state index is 11.1. The van der Waals surface area contributed by atoms with Crippen LogP contribution < -0.4 is 5.32 Å². The second kappa shape index (κ2) is 2.10. The van der Waals surface area contributed by atoms with Crippen molar-refractivity contribution in [1.29, 1.82) is 0 Å². The molecule has 1 rings (SSSR count). The highest BCUT2D eigenvalue weighted by Gasteiger charge is 2.34. The summed E-state index contributed by atoms with van der Waals surface area (Å²) in [5, 5.41) is 3.18. The number of carbonyl (C=O) groups excluding carboxylic acids is 1. The van der Waals surface area contributed by atoms with Gasteiger partial charge in [0.2, 0.25) is 0 Å². The van der Waals surface area contributed by atoms with Gasteiger partial charge in [-0.3, -0.25) is 4.79 Å². The first kappa shape index (κ1) is 6.75. The maximum absolute atomic E-state index is 11.1. The van der Waals surface area contributed by atoms with Crippen molar-refractivity contribution in [2.24, 2.45) is 0 Å². The molecule has 9 heavy (non-hydrogen) atoms. The predicted molar refractivity (Wildman–Crippen MR) is 36.3 cm³/mol. The molecule has 2 heteroatoms. The molecule has 0 aromatic carbocycles. The van der Waals surface area contributed by atoms with Gasteiger partial charge >= 0.3 is 0 Å². The molecule has 1 aliphatic rings. The Bertz CT molecular complexity index is 133. The Morgan fingerprint density at radius 3 is 2.67 bits per heavy atom. The van der Waals surface area contributed by atoms with Crippen LogP contribution in [0, 0.1) is 0 Å². The molecule has 1 atom stereocenters. The number of rotatable bonds is 1. The summed E-state index contributed by atoms with van der Waals surface area (Å²) in [6.45, 7) is 4.88. The normalized spacial score (nSPS) is 35.6. The van der Waals surface area contributed by atoms with Crippen LogP contribution in [-0.4, -0.2) is 17.9 Å². The zero-order chi connectivity index (χ0) is 6.91. The number of hydrogen-bond acceptors (Lipinski definition) is 2. The Labute approximate surface area is 55.6 Å². The van der Waals surface area contributed by atoms with E-state index in [2.05, 4.69) is 5.32 Å². The summed E-state index contributed by atoms with van der Waals surface area (Å²) in [7, 11) is 0. The van der Waals surface area contributed by atoms with Crippen LogP contribution in [0.15, 0.2) is 0 Å². The fraction of sp³-hybridized carbons (Fsp3) is 0.857. The second-order valence-corrected chi connectivity index (χ2v) is 2.79. The molecule has 1 unspecified atom stereocenters. The van der Waals surface area contributed by atoms with Crippen LogP contribution in [0.2, 0.25) is 0 Å². The summed E-state index contributed by atoms with van der Waals surface area (Å²) in [5.41, 5.74) is -0.194. The van der Waals surface area contributed by atoms with Gasteiger partial charge in [0, 0.05) is 13.0 Å². The topological polar surface area (TPSA) is 29.1 Å². The maximum Gasteiger partial charge on any atom is 0.153 e. The van der Waals surface area contributed by atoms with Crippen LogP contribution in [0.4, 0.5) is 0 Å². The summed E-state index contributed by atoms with van der Waals surface area (Å²) in [4.78, 5) is 11.1. The lowest BCUT2D eigenvalue weighted by Crippen LogP contribution is -2.41. The summed E-state index contributed by atoms with van der Waals surface area (Å²) in [5.74, 6) is 0.366. The molecular weight excluding hydrogens is 114 g/mol. The molecule has 1 heterocycles. The zero-order valence-electron chi connectivity index (χ0n) is 6.03. The standard InChI is InChI=1S/C7H13NO/c1-3-7(2)6(9)4-5-8-7/h8H,3-5H2,1-2H3. The molecule has 0 saturated carbocycles. The highest BCUT2D eigenvalue weighted by atomic mass is 16.1. The number of Topliss-reactive ketones (excluding diaryl/α,β-unsaturated/α-hetero) is 1. The van der Waals surface area contributed by atoms with Gasteiger partial charge in [0.15, 0.2) is 5.78 Å². The molecule has 0 aliphatic carbocycles. The average molecular weight is 127 g/mol. The monoisotopic (exact) mass is 127 g/mol. The Kier molecular flexibility index (Phi) is 1.58. The Balaban J connectivity index is 2.67. The van der Waals surface area contributed by atoms with Crippen molar-refractivity contribution < 1.29 is 4.79 Å². The summed E-state index contributed by atoms with van der Waals surface area (Å²) < 4.78 is 0. The highest BCUT2D eigenvalue weighted by molar-refractivity contribution is 5.90. The van der Waals surface area contributed by atoms with Crippen LogP contribution in [0.25, 0.3) is 0 Å². The first-order valence-corrected chi connectivity index (χ1v) is 3.47. The van der Waals surface area contributed by atoms with Crippen LogP contribution >= 0.6 is 0 Å². The lowest BCUT2D eigenvalue weighted by atomic mass is 9.96. The van der Waals surface area contributed by atoms with Crippen molar-refractivity contribution in [3.63, 3.8) is 0 Å². The first-order chi connectivity index (χ1) is 4.19. The molecule has 0 spiro atoms. The minimum absolute atomic E-state index is 0.194. The van der Waals surface area contributed by atoms with Gasteiger partial charge < -0.3 is 5.32 Å². The third-order valence-corrected chi connectivity index (χ3v) is 2.19. The van der Waals surface area contributed by atoms with E-state index in [0.717, 1.165) is 13.0 Å². The van der Waals surface area contributed by atoms with Gasteiger partial charge in [-0.15, -0.1) is 0 Å². The van der Waals surface area contributed by atoms with Crippen LogP contribution in [-0.2, 0) is 4.79 Å². The fourth-order valence-electron chi connectivity index (χ4n) is 1.15. The van der Waals surface area contributed by atoms with E-state index in [4.69, 9.17) is 0 Å². The van der Waals surface area contributed by atoms with Crippen molar-refractivity contribution in [2.75, 3.05) is 6.54 Å². The predicted octanol–water partition coefficient (Wildman–Crippen LogP) is 0.718. The van der Waals surface area contributed by atoms with E-state index >= 15 is 0 Å².